The Bertz CT molecular complexity index is 1940. The second-order valence-electron chi connectivity index (χ2n) is 9.81. The quantitative estimate of drug-likeness (QED) is 0.195. The number of anilines is 2. The Hall–Kier alpha value is -4.56. The van der Waals surface area contributed by atoms with Crippen LogP contribution >= 0.6 is 23.2 Å². The molecule has 1 N–H and O–H groups in total. The first kappa shape index (κ1) is 28.6. The summed E-state index contributed by atoms with van der Waals surface area (Å²) in [5.74, 6) is -1.17. The Balaban J connectivity index is 1.40. The maximum atomic E-state index is 13.9. The summed E-state index contributed by atoms with van der Waals surface area (Å²) in [6, 6.07) is 31.9. The van der Waals surface area contributed by atoms with Crippen LogP contribution in [0.1, 0.15) is 42.2 Å². The third-order valence-corrected chi connectivity index (χ3v) is 8.98. The summed E-state index contributed by atoms with van der Waals surface area (Å²) in [6.45, 7) is 0.135. The highest BCUT2D eigenvalue weighted by Gasteiger charge is 2.32. The van der Waals surface area contributed by atoms with Crippen LogP contribution in [-0.2, 0) is 17.3 Å². The summed E-state index contributed by atoms with van der Waals surface area (Å²) in [6.07, 6.45) is 0. The number of nitrogens with zero attached hydrogens (tertiary/aromatic N) is 1. The van der Waals surface area contributed by atoms with Crippen molar-refractivity contribution in [3.8, 4) is 0 Å². The van der Waals surface area contributed by atoms with E-state index in [4.69, 9.17) is 23.2 Å². The molecule has 0 spiro atoms. The van der Waals surface area contributed by atoms with E-state index in [-0.39, 0.29) is 35.0 Å². The summed E-state index contributed by atoms with van der Waals surface area (Å²) in [5.41, 5.74) is 2.58. The van der Waals surface area contributed by atoms with Crippen molar-refractivity contribution in [3.05, 3.63) is 153 Å². The topological polar surface area (TPSA) is 83.6 Å². The van der Waals surface area contributed by atoms with Crippen molar-refractivity contribution < 1.29 is 18.6 Å². The van der Waals surface area contributed by atoms with E-state index in [1.807, 2.05) is 12.1 Å². The molecule has 0 radical (unpaired) electrons. The van der Waals surface area contributed by atoms with E-state index in [0.717, 1.165) is 5.56 Å². The molecule has 6 rings (SSSR count). The van der Waals surface area contributed by atoms with Gasteiger partial charge in [0.15, 0.2) is 5.78 Å². The van der Waals surface area contributed by atoms with Crippen LogP contribution in [0.3, 0.4) is 0 Å². The van der Waals surface area contributed by atoms with Gasteiger partial charge >= 0.3 is 0 Å². The lowest BCUT2D eigenvalue weighted by Crippen LogP contribution is -2.30. The molecule has 1 aliphatic heterocycles. The lowest BCUT2D eigenvalue weighted by Gasteiger charge is -2.24. The van der Waals surface area contributed by atoms with Crippen LogP contribution in [0.5, 0.6) is 0 Å². The standard InChI is InChI=1S/C34H22Cl2N2O4S/c35-24-10-6-7-21(17-24)20-38-29-18-23(13-16-31(29)43(42)30-12-5-4-11-26(30)34(38)41)33(40)37-28-15-14-25(36)19-27(28)32(39)22-8-2-1-3-9-22/h1-19H,20H2,(H,37,40)/t43-/m0/s1. The molecule has 0 fully saturated rings. The zero-order valence-electron chi connectivity index (χ0n) is 22.4. The van der Waals surface area contributed by atoms with E-state index in [0.29, 0.717) is 36.7 Å². The van der Waals surface area contributed by atoms with Crippen LogP contribution in [0.15, 0.2) is 125 Å². The second-order valence-corrected chi connectivity index (χ2v) is 12.1. The molecule has 6 nitrogen and oxygen atoms in total. The van der Waals surface area contributed by atoms with Gasteiger partial charge in [-0.15, -0.1) is 0 Å². The van der Waals surface area contributed by atoms with E-state index >= 15 is 0 Å². The number of carbonyl (C=O) groups excluding carboxylic acids is 3. The van der Waals surface area contributed by atoms with Crippen LogP contribution in [-0.4, -0.2) is 21.8 Å². The number of nitrogens with one attached hydrogen (secondary N) is 1. The molecule has 212 valence electrons. The zero-order valence-corrected chi connectivity index (χ0v) is 24.7. The number of carbonyl (C=O) groups is 3. The molecule has 1 heterocycles. The normalized spacial score (nSPS) is 14.0. The molecule has 0 aromatic heterocycles. The first-order chi connectivity index (χ1) is 20.8. The minimum Gasteiger partial charge on any atom is -0.321 e. The minimum absolute atomic E-state index is 0.135. The first-order valence-corrected chi connectivity index (χ1v) is 15.1. The van der Waals surface area contributed by atoms with Gasteiger partial charge in [-0.05, 0) is 66.2 Å². The van der Waals surface area contributed by atoms with Crippen molar-refractivity contribution in [3.63, 3.8) is 0 Å². The van der Waals surface area contributed by atoms with Gasteiger partial charge in [0, 0.05) is 26.7 Å². The van der Waals surface area contributed by atoms with Gasteiger partial charge < -0.3 is 10.2 Å². The van der Waals surface area contributed by atoms with Crippen molar-refractivity contribution in [2.45, 2.75) is 16.3 Å². The van der Waals surface area contributed by atoms with Crippen molar-refractivity contribution in [2.75, 3.05) is 10.2 Å². The fourth-order valence-corrected chi connectivity index (χ4v) is 6.66. The third kappa shape index (κ3) is 5.75. The monoisotopic (exact) mass is 624 g/mol. The molecule has 5 aromatic carbocycles. The van der Waals surface area contributed by atoms with Gasteiger partial charge in [0.2, 0.25) is 0 Å². The highest BCUT2D eigenvalue weighted by molar-refractivity contribution is 7.85. The Morgan fingerprint density at radius 1 is 0.721 bits per heavy atom. The minimum atomic E-state index is -1.68. The van der Waals surface area contributed by atoms with Crippen LogP contribution in [0.25, 0.3) is 0 Å². The second kappa shape index (κ2) is 12.0. The summed E-state index contributed by atoms with van der Waals surface area (Å²) in [4.78, 5) is 43.1. The average molecular weight is 626 g/mol. The smallest absolute Gasteiger partial charge is 0.259 e. The highest BCUT2D eigenvalue weighted by atomic mass is 35.5. The molecule has 1 aliphatic rings. The van der Waals surface area contributed by atoms with Crippen LogP contribution in [0.2, 0.25) is 10.0 Å². The predicted octanol–water partition coefficient (Wildman–Crippen LogP) is 7.80. The van der Waals surface area contributed by atoms with Crippen LogP contribution in [0, 0.1) is 0 Å². The Kier molecular flexibility index (Phi) is 7.95. The van der Waals surface area contributed by atoms with Crippen LogP contribution in [0.4, 0.5) is 11.4 Å². The van der Waals surface area contributed by atoms with Gasteiger partial charge in [0.1, 0.15) is 0 Å². The third-order valence-electron chi connectivity index (χ3n) is 7.01. The first-order valence-electron chi connectivity index (χ1n) is 13.2. The molecule has 0 aliphatic carbocycles. The van der Waals surface area contributed by atoms with Crippen molar-refractivity contribution >= 4 is 63.0 Å². The SMILES string of the molecule is O=C(Nc1ccc(Cl)cc1C(=O)c1ccccc1)c1ccc2c(c1)N(Cc1cccc(Cl)c1)C(=O)c1ccccc1[S@@]2=O. The van der Waals surface area contributed by atoms with Crippen LogP contribution < -0.4 is 10.2 Å². The number of hydrogen-bond donors (Lipinski definition) is 1. The zero-order chi connectivity index (χ0) is 30.1. The van der Waals surface area contributed by atoms with E-state index < -0.39 is 16.7 Å². The summed E-state index contributed by atoms with van der Waals surface area (Å²) >= 11 is 12.4. The van der Waals surface area contributed by atoms with E-state index in [2.05, 4.69) is 5.32 Å². The highest BCUT2D eigenvalue weighted by Crippen LogP contribution is 2.36. The number of rotatable bonds is 6. The molecule has 9 heteroatoms. The number of fused-ring (bicyclic) bond motifs is 2. The van der Waals surface area contributed by atoms with Gasteiger partial charge in [-0.3, -0.25) is 14.4 Å². The Labute approximate surface area is 260 Å². The lowest BCUT2D eigenvalue weighted by molar-refractivity contribution is 0.0978. The maximum Gasteiger partial charge on any atom is 0.259 e. The van der Waals surface area contributed by atoms with Crippen molar-refractivity contribution in [2.24, 2.45) is 0 Å². The Morgan fingerprint density at radius 2 is 1.47 bits per heavy atom. The molecular formula is C34H22Cl2N2O4S. The molecule has 0 saturated carbocycles. The van der Waals surface area contributed by atoms with Crippen molar-refractivity contribution in [1.82, 2.24) is 0 Å². The van der Waals surface area contributed by atoms with Gasteiger partial charge in [0.25, 0.3) is 11.8 Å². The molecule has 0 unspecified atom stereocenters. The van der Waals surface area contributed by atoms with E-state index in [1.165, 1.54) is 11.0 Å². The summed E-state index contributed by atoms with van der Waals surface area (Å²) in [7, 11) is -1.68. The van der Waals surface area contributed by atoms with Gasteiger partial charge in [-0.1, -0.05) is 77.8 Å². The number of amides is 2. The van der Waals surface area contributed by atoms with Gasteiger partial charge in [-0.25, -0.2) is 4.21 Å². The fraction of sp³-hybridized carbons (Fsp3) is 0.0294. The summed E-state index contributed by atoms with van der Waals surface area (Å²) in [5, 5.41) is 3.69. The summed E-state index contributed by atoms with van der Waals surface area (Å²) < 4.78 is 13.7. The van der Waals surface area contributed by atoms with Gasteiger partial charge in [-0.2, -0.15) is 0 Å². The lowest BCUT2D eigenvalue weighted by atomic mass is 10.0. The van der Waals surface area contributed by atoms with E-state index in [9.17, 15) is 18.6 Å². The number of benzene rings is 5. The maximum absolute atomic E-state index is 13.9. The number of hydrogen-bond acceptors (Lipinski definition) is 4. The molecule has 43 heavy (non-hydrogen) atoms. The molecule has 0 saturated heterocycles. The van der Waals surface area contributed by atoms with E-state index in [1.54, 1.807) is 97.1 Å². The van der Waals surface area contributed by atoms with Crippen molar-refractivity contribution in [1.29, 1.82) is 0 Å². The number of halogens is 2. The molecule has 1 atom stereocenters. The Morgan fingerprint density at radius 3 is 2.26 bits per heavy atom. The molecule has 0 bridgehead atoms. The number of ketones is 1. The molecule has 2 amide bonds. The largest absolute Gasteiger partial charge is 0.321 e. The van der Waals surface area contributed by atoms with Gasteiger partial charge in [0.05, 0.1) is 44.1 Å². The molecular weight excluding hydrogens is 603 g/mol. The molecule has 5 aromatic rings. The fourth-order valence-electron chi connectivity index (χ4n) is 4.93. The average Bonchev–Trinajstić information content (AvgIpc) is 3.11. The predicted molar refractivity (Wildman–Crippen MR) is 169 cm³/mol.